The molecule has 2 heterocycles. The SMILES string of the molecule is CC(C)C1CC[C@@H](C)[C@](O)(C(=O)C(=O)N2CCCC[C@H]2C(=O)O[C@@H](C(C)C)[C@H](C)C[C@@H]2CC[C@@H](O)[C@H](O)[C@H]2O)O1. The summed E-state index contributed by atoms with van der Waals surface area (Å²) in [6.45, 7) is 11.6. The normalized spacial score (nSPS) is 36.8. The van der Waals surface area contributed by atoms with Crippen LogP contribution in [0.4, 0.5) is 0 Å². The largest absolute Gasteiger partial charge is 0.460 e. The molecular weight excluding hydrogens is 518 g/mol. The smallest absolute Gasteiger partial charge is 0.329 e. The van der Waals surface area contributed by atoms with Gasteiger partial charge in [0.1, 0.15) is 18.2 Å². The molecule has 0 radical (unpaired) electrons. The van der Waals surface area contributed by atoms with Crippen molar-refractivity contribution in [1.29, 1.82) is 0 Å². The lowest BCUT2D eigenvalue weighted by atomic mass is 9.76. The van der Waals surface area contributed by atoms with Gasteiger partial charge in [-0.2, -0.15) is 0 Å². The zero-order valence-corrected chi connectivity index (χ0v) is 25.0. The van der Waals surface area contributed by atoms with E-state index in [4.69, 9.17) is 9.47 Å². The second-order valence-electron chi connectivity index (χ2n) is 13.2. The van der Waals surface area contributed by atoms with Crippen LogP contribution in [0.15, 0.2) is 0 Å². The van der Waals surface area contributed by atoms with Crippen molar-refractivity contribution in [3.63, 3.8) is 0 Å². The van der Waals surface area contributed by atoms with E-state index >= 15 is 0 Å². The standard InChI is InChI=1S/C30H51NO9/c1-16(2)23-13-10-19(6)30(38,40-23)27(35)28(36)31-14-8-7-9-21(31)29(37)39-26(17(3)4)18(5)15-20-11-12-22(32)25(34)24(20)33/h16-26,32-34,38H,7-15H2,1-6H3/t18-,19-,20+,21+,22-,23?,24+,25+,26+,30-/m1/s1. The zero-order chi connectivity index (χ0) is 29.9. The number of esters is 1. The molecular formula is C30H51NO9. The van der Waals surface area contributed by atoms with Crippen LogP contribution in [0.2, 0.25) is 0 Å². The van der Waals surface area contributed by atoms with Gasteiger partial charge in [0.25, 0.3) is 11.7 Å². The van der Waals surface area contributed by atoms with Crippen LogP contribution in [-0.4, -0.2) is 91.9 Å². The Balaban J connectivity index is 1.71. The van der Waals surface area contributed by atoms with Crippen LogP contribution in [0.1, 0.15) is 92.9 Å². The third-order valence-corrected chi connectivity index (χ3v) is 9.39. The van der Waals surface area contributed by atoms with Crippen LogP contribution in [0.5, 0.6) is 0 Å². The minimum absolute atomic E-state index is 0.0604. The molecule has 1 aliphatic carbocycles. The van der Waals surface area contributed by atoms with E-state index in [0.29, 0.717) is 51.4 Å². The maximum Gasteiger partial charge on any atom is 0.329 e. The van der Waals surface area contributed by atoms with Crippen molar-refractivity contribution in [3.8, 4) is 0 Å². The van der Waals surface area contributed by atoms with Crippen molar-refractivity contribution >= 4 is 17.7 Å². The number of Topliss-reactive ketones (excluding diaryl/α,β-unsaturated/α-hetero) is 1. The lowest BCUT2D eigenvalue weighted by molar-refractivity contribution is -0.269. The number of carbonyl (C=O) groups excluding carboxylic acids is 3. The first-order valence-corrected chi connectivity index (χ1v) is 15.2. The topological polar surface area (TPSA) is 154 Å². The molecule has 40 heavy (non-hydrogen) atoms. The molecule has 0 aromatic heterocycles. The molecule has 3 rings (SSSR count). The number of aliphatic hydroxyl groups excluding tert-OH is 3. The molecule has 3 aliphatic rings. The molecule has 0 spiro atoms. The molecule has 3 fully saturated rings. The molecule has 1 saturated carbocycles. The minimum atomic E-state index is -2.23. The number of ketones is 1. The van der Waals surface area contributed by atoms with Crippen LogP contribution >= 0.6 is 0 Å². The van der Waals surface area contributed by atoms with Gasteiger partial charge in [-0.3, -0.25) is 9.59 Å². The Bertz CT molecular complexity index is 894. The zero-order valence-electron chi connectivity index (χ0n) is 25.0. The highest BCUT2D eigenvalue weighted by Crippen LogP contribution is 2.37. The summed E-state index contributed by atoms with van der Waals surface area (Å²) in [6.07, 6.45) is 0.271. The van der Waals surface area contributed by atoms with Crippen LogP contribution in [0, 0.1) is 29.6 Å². The molecule has 2 saturated heterocycles. The van der Waals surface area contributed by atoms with E-state index in [1.165, 1.54) is 4.90 Å². The lowest BCUT2D eigenvalue weighted by Crippen LogP contribution is -2.61. The number of aliphatic hydroxyl groups is 4. The summed E-state index contributed by atoms with van der Waals surface area (Å²) in [6, 6.07) is -0.945. The molecule has 1 amide bonds. The molecule has 1 unspecified atom stereocenters. The highest BCUT2D eigenvalue weighted by molar-refractivity contribution is 6.39. The Kier molecular flexibility index (Phi) is 11.2. The van der Waals surface area contributed by atoms with Crippen molar-refractivity contribution < 1.29 is 44.3 Å². The number of likely N-dealkylation sites (tertiary alicyclic amines) is 1. The summed E-state index contributed by atoms with van der Waals surface area (Å²) in [4.78, 5) is 41.7. The summed E-state index contributed by atoms with van der Waals surface area (Å²) < 4.78 is 11.8. The number of ether oxygens (including phenoxy) is 2. The highest BCUT2D eigenvalue weighted by Gasteiger charge is 2.53. The lowest BCUT2D eigenvalue weighted by Gasteiger charge is -2.43. The molecule has 4 N–H and O–H groups in total. The van der Waals surface area contributed by atoms with Crippen molar-refractivity contribution in [2.75, 3.05) is 6.54 Å². The van der Waals surface area contributed by atoms with E-state index in [2.05, 4.69) is 0 Å². The first-order chi connectivity index (χ1) is 18.7. The molecule has 10 atom stereocenters. The average molecular weight is 570 g/mol. The fourth-order valence-corrected chi connectivity index (χ4v) is 6.69. The highest BCUT2D eigenvalue weighted by atomic mass is 16.6. The maximum atomic E-state index is 13.5. The van der Waals surface area contributed by atoms with Crippen LogP contribution in [0.25, 0.3) is 0 Å². The molecule has 230 valence electrons. The molecule has 10 heteroatoms. The van der Waals surface area contributed by atoms with Gasteiger partial charge in [-0.05, 0) is 75.0 Å². The number of hydrogen-bond donors (Lipinski definition) is 4. The Morgan fingerprint density at radius 3 is 2.25 bits per heavy atom. The average Bonchev–Trinajstić information content (AvgIpc) is 2.92. The first-order valence-electron chi connectivity index (χ1n) is 15.2. The van der Waals surface area contributed by atoms with Gasteiger partial charge in [-0.25, -0.2) is 4.79 Å². The van der Waals surface area contributed by atoms with E-state index in [-0.39, 0.29) is 36.3 Å². The van der Waals surface area contributed by atoms with E-state index in [0.717, 1.165) is 0 Å². The van der Waals surface area contributed by atoms with Crippen molar-refractivity contribution in [2.24, 2.45) is 29.6 Å². The first kappa shape index (κ1) is 32.9. The summed E-state index contributed by atoms with van der Waals surface area (Å²) in [7, 11) is 0. The Hall–Kier alpha value is -1.59. The Morgan fingerprint density at radius 2 is 1.62 bits per heavy atom. The van der Waals surface area contributed by atoms with Crippen molar-refractivity contribution in [1.82, 2.24) is 4.90 Å². The van der Waals surface area contributed by atoms with Gasteiger partial charge >= 0.3 is 5.97 Å². The van der Waals surface area contributed by atoms with E-state index < -0.39 is 59.8 Å². The summed E-state index contributed by atoms with van der Waals surface area (Å²) in [5, 5.41) is 41.7. The number of carbonyl (C=O) groups is 3. The summed E-state index contributed by atoms with van der Waals surface area (Å²) in [5.41, 5.74) is 0. The second-order valence-corrected chi connectivity index (χ2v) is 13.2. The Labute approximate surface area is 238 Å². The van der Waals surface area contributed by atoms with Gasteiger partial charge in [0, 0.05) is 12.5 Å². The van der Waals surface area contributed by atoms with Gasteiger partial charge in [-0.15, -0.1) is 0 Å². The third-order valence-electron chi connectivity index (χ3n) is 9.39. The maximum absolute atomic E-state index is 13.5. The number of nitrogens with zero attached hydrogens (tertiary/aromatic N) is 1. The third kappa shape index (κ3) is 7.06. The van der Waals surface area contributed by atoms with Gasteiger partial charge < -0.3 is 34.8 Å². The number of amides is 1. The molecule has 0 aromatic rings. The number of piperidine rings is 1. The fraction of sp³-hybridized carbons (Fsp3) is 0.900. The van der Waals surface area contributed by atoms with Crippen LogP contribution in [-0.2, 0) is 23.9 Å². The monoisotopic (exact) mass is 569 g/mol. The fourth-order valence-electron chi connectivity index (χ4n) is 6.69. The van der Waals surface area contributed by atoms with Gasteiger partial charge in [-0.1, -0.05) is 41.5 Å². The predicted molar refractivity (Wildman–Crippen MR) is 147 cm³/mol. The van der Waals surface area contributed by atoms with Gasteiger partial charge in [0.05, 0.1) is 18.3 Å². The molecule has 10 nitrogen and oxygen atoms in total. The Morgan fingerprint density at radius 1 is 0.950 bits per heavy atom. The number of hydrogen-bond acceptors (Lipinski definition) is 9. The predicted octanol–water partition coefficient (Wildman–Crippen LogP) is 2.18. The minimum Gasteiger partial charge on any atom is -0.460 e. The number of rotatable bonds is 9. The summed E-state index contributed by atoms with van der Waals surface area (Å²) in [5.74, 6) is -5.74. The van der Waals surface area contributed by atoms with E-state index in [1.54, 1.807) is 6.92 Å². The van der Waals surface area contributed by atoms with Crippen LogP contribution in [0.3, 0.4) is 0 Å². The van der Waals surface area contributed by atoms with Crippen LogP contribution < -0.4 is 0 Å². The van der Waals surface area contributed by atoms with Gasteiger partial charge in [0.15, 0.2) is 0 Å². The van der Waals surface area contributed by atoms with Gasteiger partial charge in [0.2, 0.25) is 5.79 Å². The van der Waals surface area contributed by atoms with Crippen molar-refractivity contribution in [2.45, 2.75) is 135 Å². The van der Waals surface area contributed by atoms with E-state index in [1.807, 2.05) is 34.6 Å². The molecule has 0 bridgehead atoms. The second kappa shape index (κ2) is 13.6. The van der Waals surface area contributed by atoms with E-state index in [9.17, 15) is 34.8 Å². The molecule has 0 aromatic carbocycles. The summed E-state index contributed by atoms with van der Waals surface area (Å²) >= 11 is 0. The molecule has 2 aliphatic heterocycles. The quantitative estimate of drug-likeness (QED) is 0.242. The van der Waals surface area contributed by atoms with Crippen molar-refractivity contribution in [3.05, 3.63) is 0 Å².